The number of carbonyl (C=O) groups excluding carboxylic acids is 1. The van der Waals surface area contributed by atoms with Crippen LogP contribution in [0.4, 0.5) is 8.78 Å². The zero-order valence-electron chi connectivity index (χ0n) is 14.3. The maximum atomic E-state index is 14.1. The summed E-state index contributed by atoms with van der Waals surface area (Å²) in [5.74, 6) is -2.98. The Morgan fingerprint density at radius 3 is 2.73 bits per heavy atom. The van der Waals surface area contributed by atoms with E-state index in [4.69, 9.17) is 4.74 Å². The van der Waals surface area contributed by atoms with Gasteiger partial charge in [-0.2, -0.15) is 5.10 Å². The van der Waals surface area contributed by atoms with Gasteiger partial charge in [0.15, 0.2) is 11.6 Å². The Hall–Kier alpha value is -3.22. The second-order valence-electron chi connectivity index (χ2n) is 5.72. The van der Waals surface area contributed by atoms with Gasteiger partial charge in [-0.1, -0.05) is 12.1 Å². The summed E-state index contributed by atoms with van der Waals surface area (Å²) in [4.78, 5) is 13.9. The molecule has 0 bridgehead atoms. The van der Waals surface area contributed by atoms with Gasteiger partial charge in [-0.15, -0.1) is 0 Å². The first-order chi connectivity index (χ1) is 12.5. The second kappa shape index (κ2) is 7.35. The molecular formula is C19H17F2N3O2. The lowest BCUT2D eigenvalue weighted by molar-refractivity contribution is 0.0775. The molecule has 2 aromatic carbocycles. The number of rotatable bonds is 5. The molecule has 0 N–H and O–H groups in total. The molecule has 0 fully saturated rings. The van der Waals surface area contributed by atoms with E-state index in [1.165, 1.54) is 25.1 Å². The normalized spacial score (nSPS) is 10.6. The highest BCUT2D eigenvalue weighted by Crippen LogP contribution is 2.25. The quantitative estimate of drug-likeness (QED) is 0.703. The van der Waals surface area contributed by atoms with Crippen molar-refractivity contribution in [2.75, 3.05) is 14.2 Å². The van der Waals surface area contributed by atoms with Crippen LogP contribution in [0.3, 0.4) is 0 Å². The topological polar surface area (TPSA) is 47.4 Å². The fraction of sp³-hybridized carbons (Fsp3) is 0.158. The van der Waals surface area contributed by atoms with Crippen LogP contribution in [0, 0.1) is 11.6 Å². The predicted octanol–water partition coefficient (Wildman–Crippen LogP) is 3.43. The first-order valence-electron chi connectivity index (χ1n) is 7.87. The zero-order valence-corrected chi connectivity index (χ0v) is 14.3. The minimum Gasteiger partial charge on any atom is -0.496 e. The summed E-state index contributed by atoms with van der Waals surface area (Å²) in [7, 11) is 2.82. The third kappa shape index (κ3) is 3.42. The van der Waals surface area contributed by atoms with E-state index in [0.29, 0.717) is 0 Å². The Bertz CT molecular complexity index is 927. The number of nitrogens with zero attached hydrogens (tertiary/aromatic N) is 3. The van der Waals surface area contributed by atoms with E-state index in [1.807, 2.05) is 24.3 Å². The van der Waals surface area contributed by atoms with Gasteiger partial charge in [0.25, 0.3) is 5.91 Å². The van der Waals surface area contributed by atoms with Gasteiger partial charge in [-0.3, -0.25) is 4.79 Å². The van der Waals surface area contributed by atoms with Crippen molar-refractivity contribution in [3.05, 3.63) is 77.6 Å². The number of amides is 1. The maximum Gasteiger partial charge on any atom is 0.260 e. The van der Waals surface area contributed by atoms with Crippen molar-refractivity contribution >= 4 is 5.91 Å². The Kier molecular flexibility index (Phi) is 4.97. The van der Waals surface area contributed by atoms with Gasteiger partial charge < -0.3 is 9.64 Å². The van der Waals surface area contributed by atoms with E-state index in [2.05, 4.69) is 5.10 Å². The fourth-order valence-corrected chi connectivity index (χ4v) is 2.66. The third-order valence-electron chi connectivity index (χ3n) is 3.94. The molecule has 5 nitrogen and oxygen atoms in total. The average Bonchev–Trinajstić information content (AvgIpc) is 3.18. The van der Waals surface area contributed by atoms with Crippen LogP contribution in [-0.2, 0) is 6.54 Å². The van der Waals surface area contributed by atoms with E-state index in [-0.39, 0.29) is 12.3 Å². The number of ether oxygens (including phenoxy) is 1. The molecule has 1 heterocycles. The van der Waals surface area contributed by atoms with Crippen molar-refractivity contribution < 1.29 is 18.3 Å². The van der Waals surface area contributed by atoms with Gasteiger partial charge in [-0.25, -0.2) is 13.5 Å². The molecule has 3 aromatic rings. The molecule has 0 aliphatic heterocycles. The van der Waals surface area contributed by atoms with Crippen LogP contribution >= 0.6 is 0 Å². The molecule has 0 radical (unpaired) electrons. The SMILES string of the molecule is COc1ccc(F)c(F)c1C(=O)N(C)Cc1cccc(-n2cccn2)c1. The molecule has 134 valence electrons. The number of methoxy groups -OCH3 is 1. The van der Waals surface area contributed by atoms with Crippen LogP contribution < -0.4 is 4.74 Å². The van der Waals surface area contributed by atoms with Crippen molar-refractivity contribution in [3.63, 3.8) is 0 Å². The molecule has 0 atom stereocenters. The highest BCUT2D eigenvalue weighted by atomic mass is 19.2. The minimum absolute atomic E-state index is 0.00829. The van der Waals surface area contributed by atoms with Gasteiger partial charge >= 0.3 is 0 Å². The van der Waals surface area contributed by atoms with Crippen molar-refractivity contribution in [2.24, 2.45) is 0 Å². The highest BCUT2D eigenvalue weighted by molar-refractivity contribution is 5.97. The molecule has 3 rings (SSSR count). The van der Waals surface area contributed by atoms with Crippen LogP contribution in [0.1, 0.15) is 15.9 Å². The van der Waals surface area contributed by atoms with Crippen molar-refractivity contribution in [1.82, 2.24) is 14.7 Å². The van der Waals surface area contributed by atoms with Crippen LogP contribution in [0.5, 0.6) is 5.75 Å². The lowest BCUT2D eigenvalue weighted by Gasteiger charge is -2.19. The van der Waals surface area contributed by atoms with E-state index < -0.39 is 23.1 Å². The predicted molar refractivity (Wildman–Crippen MR) is 92.3 cm³/mol. The van der Waals surface area contributed by atoms with Crippen LogP contribution in [0.15, 0.2) is 54.9 Å². The summed E-state index contributed by atoms with van der Waals surface area (Å²) in [6.07, 6.45) is 3.47. The molecule has 0 spiro atoms. The zero-order chi connectivity index (χ0) is 18.7. The minimum atomic E-state index is -1.22. The Balaban J connectivity index is 1.85. The van der Waals surface area contributed by atoms with Gasteiger partial charge in [0.2, 0.25) is 0 Å². The summed E-state index contributed by atoms with van der Waals surface area (Å²) < 4.78 is 34.4. The first kappa shape index (κ1) is 17.6. The van der Waals surface area contributed by atoms with E-state index in [1.54, 1.807) is 23.1 Å². The first-order valence-corrected chi connectivity index (χ1v) is 7.87. The fourth-order valence-electron chi connectivity index (χ4n) is 2.66. The smallest absolute Gasteiger partial charge is 0.260 e. The number of hydrogen-bond acceptors (Lipinski definition) is 3. The largest absolute Gasteiger partial charge is 0.496 e. The molecule has 1 aromatic heterocycles. The molecular weight excluding hydrogens is 340 g/mol. The lowest BCUT2D eigenvalue weighted by Crippen LogP contribution is -2.28. The number of carbonyl (C=O) groups is 1. The van der Waals surface area contributed by atoms with Crippen molar-refractivity contribution in [1.29, 1.82) is 0 Å². The van der Waals surface area contributed by atoms with E-state index >= 15 is 0 Å². The standard InChI is InChI=1S/C19H17F2N3O2/c1-23(19(25)17-16(26-2)8-7-15(20)18(17)21)12-13-5-3-6-14(11-13)24-10-4-9-22-24/h3-11H,12H2,1-2H3. The van der Waals surface area contributed by atoms with Crippen LogP contribution in [0.2, 0.25) is 0 Å². The third-order valence-corrected chi connectivity index (χ3v) is 3.94. The summed E-state index contributed by atoms with van der Waals surface area (Å²) in [6, 6.07) is 11.4. The van der Waals surface area contributed by atoms with Gasteiger partial charge in [-0.05, 0) is 35.9 Å². The van der Waals surface area contributed by atoms with Crippen LogP contribution in [0.25, 0.3) is 5.69 Å². The summed E-state index contributed by atoms with van der Waals surface area (Å²) >= 11 is 0. The Morgan fingerprint density at radius 1 is 1.23 bits per heavy atom. The van der Waals surface area contributed by atoms with Crippen molar-refractivity contribution in [3.8, 4) is 11.4 Å². The molecule has 0 unspecified atom stereocenters. The summed E-state index contributed by atoms with van der Waals surface area (Å²) in [5.41, 5.74) is 1.24. The monoisotopic (exact) mass is 357 g/mol. The van der Waals surface area contributed by atoms with E-state index in [0.717, 1.165) is 17.3 Å². The lowest BCUT2D eigenvalue weighted by atomic mass is 10.1. The van der Waals surface area contributed by atoms with E-state index in [9.17, 15) is 13.6 Å². The van der Waals surface area contributed by atoms with Crippen LogP contribution in [-0.4, -0.2) is 34.7 Å². The Morgan fingerprint density at radius 2 is 2.04 bits per heavy atom. The van der Waals surface area contributed by atoms with Gasteiger partial charge in [0, 0.05) is 26.0 Å². The molecule has 1 amide bonds. The molecule has 0 saturated carbocycles. The molecule has 0 aliphatic rings. The number of halogens is 2. The number of hydrogen-bond donors (Lipinski definition) is 0. The second-order valence-corrected chi connectivity index (χ2v) is 5.72. The van der Waals surface area contributed by atoms with Crippen molar-refractivity contribution in [2.45, 2.75) is 6.54 Å². The average molecular weight is 357 g/mol. The molecule has 26 heavy (non-hydrogen) atoms. The van der Waals surface area contributed by atoms with Gasteiger partial charge in [0.05, 0.1) is 12.8 Å². The Labute approximate surface area is 149 Å². The molecule has 7 heteroatoms. The molecule has 0 saturated heterocycles. The summed E-state index contributed by atoms with van der Waals surface area (Å²) in [6.45, 7) is 0.215. The maximum absolute atomic E-state index is 14.1. The number of benzene rings is 2. The number of aromatic nitrogens is 2. The van der Waals surface area contributed by atoms with Gasteiger partial charge in [0.1, 0.15) is 11.3 Å². The highest BCUT2D eigenvalue weighted by Gasteiger charge is 2.24. The summed E-state index contributed by atoms with van der Waals surface area (Å²) in [5, 5.41) is 4.16. The molecule has 0 aliphatic carbocycles.